The Labute approximate surface area is 198 Å². The molecule has 0 saturated carbocycles. The van der Waals surface area contributed by atoms with Crippen molar-refractivity contribution in [3.05, 3.63) is 113 Å². The van der Waals surface area contributed by atoms with Crippen LogP contribution in [0.5, 0.6) is 0 Å². The maximum absolute atomic E-state index is 13.7. The second-order valence-corrected chi connectivity index (χ2v) is 8.55. The molecule has 0 aliphatic carbocycles. The van der Waals surface area contributed by atoms with Crippen molar-refractivity contribution in [2.24, 2.45) is 0 Å². The van der Waals surface area contributed by atoms with Gasteiger partial charge in [-0.15, -0.1) is 11.8 Å². The van der Waals surface area contributed by atoms with Crippen LogP contribution in [-0.2, 0) is 15.3 Å². The molecule has 1 aliphatic heterocycles. The summed E-state index contributed by atoms with van der Waals surface area (Å²) in [6, 6.07) is 28.8. The zero-order chi connectivity index (χ0) is 22.9. The van der Waals surface area contributed by atoms with Crippen LogP contribution in [0.2, 0.25) is 0 Å². The van der Waals surface area contributed by atoms with E-state index in [9.17, 15) is 9.59 Å². The van der Waals surface area contributed by atoms with E-state index in [1.807, 2.05) is 66.7 Å². The van der Waals surface area contributed by atoms with Gasteiger partial charge < -0.3 is 15.0 Å². The average Bonchev–Trinajstić information content (AvgIpc) is 2.90. The third kappa shape index (κ3) is 6.12. The summed E-state index contributed by atoms with van der Waals surface area (Å²) in [7, 11) is 0. The predicted molar refractivity (Wildman–Crippen MR) is 132 cm³/mol. The fraction of sp³-hybridized carbons (Fsp3) is 0.185. The van der Waals surface area contributed by atoms with Crippen molar-refractivity contribution in [2.45, 2.75) is 5.75 Å². The van der Waals surface area contributed by atoms with Gasteiger partial charge in [0.15, 0.2) is 0 Å². The van der Waals surface area contributed by atoms with Crippen LogP contribution in [0.1, 0.15) is 21.5 Å². The fourth-order valence-electron chi connectivity index (χ4n) is 3.53. The van der Waals surface area contributed by atoms with Gasteiger partial charge in [0.2, 0.25) is 0 Å². The molecule has 1 aliphatic rings. The van der Waals surface area contributed by atoms with Gasteiger partial charge in [0.25, 0.3) is 11.8 Å². The van der Waals surface area contributed by atoms with E-state index in [-0.39, 0.29) is 11.8 Å². The van der Waals surface area contributed by atoms with Crippen molar-refractivity contribution in [1.82, 2.24) is 10.2 Å². The Morgan fingerprint density at radius 3 is 1.94 bits per heavy atom. The highest BCUT2D eigenvalue weighted by molar-refractivity contribution is 8.07. The quantitative estimate of drug-likeness (QED) is 0.527. The van der Waals surface area contributed by atoms with Crippen LogP contribution in [0, 0.1) is 0 Å². The van der Waals surface area contributed by atoms with Crippen molar-refractivity contribution in [3.8, 4) is 0 Å². The molecule has 0 spiro atoms. The summed E-state index contributed by atoms with van der Waals surface area (Å²) in [4.78, 5) is 29.3. The number of carbonyl (C=O) groups is 2. The second kappa shape index (κ2) is 11.5. The van der Waals surface area contributed by atoms with Crippen LogP contribution < -0.4 is 5.32 Å². The molecule has 0 radical (unpaired) electrons. The highest BCUT2D eigenvalue weighted by atomic mass is 32.2. The molecule has 2 amide bonds. The number of carbonyl (C=O) groups excluding carboxylic acids is 2. The highest BCUT2D eigenvalue weighted by Crippen LogP contribution is 2.33. The first-order valence-corrected chi connectivity index (χ1v) is 11.9. The Bertz CT molecular complexity index is 1100. The lowest BCUT2D eigenvalue weighted by Crippen LogP contribution is -2.44. The van der Waals surface area contributed by atoms with Gasteiger partial charge in [-0.2, -0.15) is 0 Å². The Balaban J connectivity index is 1.74. The van der Waals surface area contributed by atoms with Crippen LogP contribution in [-0.4, -0.2) is 43.0 Å². The number of nitrogens with zero attached hydrogens (tertiary/aromatic N) is 1. The summed E-state index contributed by atoms with van der Waals surface area (Å²) in [6.45, 7) is 1.97. The molecule has 4 rings (SSSR count). The minimum absolute atomic E-state index is 0.193. The standard InChI is InChI=1S/C27H26N2O3S/c30-26(23-14-8-3-9-15-23)28-24(27(31)29-16-18-32-19-17-29)25(22-12-6-2-7-13-22)33-20-21-10-4-1-5-11-21/h1-15H,16-20H2,(H,28,30)/b25-24+. The Kier molecular flexibility index (Phi) is 7.95. The third-order valence-electron chi connectivity index (χ3n) is 5.28. The van der Waals surface area contributed by atoms with E-state index >= 15 is 0 Å². The van der Waals surface area contributed by atoms with E-state index in [0.717, 1.165) is 16.0 Å². The van der Waals surface area contributed by atoms with Gasteiger partial charge in [0.1, 0.15) is 5.70 Å². The number of ether oxygens (including phenoxy) is 1. The molecule has 168 valence electrons. The van der Waals surface area contributed by atoms with E-state index in [0.29, 0.717) is 43.3 Å². The molecule has 1 N–H and O–H groups in total. The zero-order valence-electron chi connectivity index (χ0n) is 18.3. The molecule has 0 atom stereocenters. The van der Waals surface area contributed by atoms with Crippen LogP contribution in [0.3, 0.4) is 0 Å². The number of nitrogens with one attached hydrogen (secondary N) is 1. The monoisotopic (exact) mass is 458 g/mol. The van der Waals surface area contributed by atoms with Gasteiger partial charge in [-0.3, -0.25) is 9.59 Å². The number of rotatable bonds is 7. The molecule has 1 heterocycles. The van der Waals surface area contributed by atoms with Crippen molar-refractivity contribution in [2.75, 3.05) is 26.3 Å². The van der Waals surface area contributed by atoms with Crippen LogP contribution >= 0.6 is 11.8 Å². The topological polar surface area (TPSA) is 58.6 Å². The number of hydrogen-bond acceptors (Lipinski definition) is 4. The lowest BCUT2D eigenvalue weighted by molar-refractivity contribution is -0.131. The number of thioether (sulfide) groups is 1. The van der Waals surface area contributed by atoms with Crippen LogP contribution in [0.15, 0.2) is 96.7 Å². The van der Waals surface area contributed by atoms with Gasteiger partial charge in [-0.05, 0) is 23.3 Å². The summed E-state index contributed by atoms with van der Waals surface area (Å²) in [5.41, 5.74) is 2.84. The number of hydrogen-bond donors (Lipinski definition) is 1. The summed E-state index contributed by atoms with van der Waals surface area (Å²) >= 11 is 1.55. The largest absolute Gasteiger partial charge is 0.378 e. The summed E-state index contributed by atoms with van der Waals surface area (Å²) < 4.78 is 5.43. The molecule has 1 fully saturated rings. The predicted octanol–water partition coefficient (Wildman–Crippen LogP) is 4.58. The van der Waals surface area contributed by atoms with Crippen LogP contribution in [0.25, 0.3) is 4.91 Å². The van der Waals surface area contributed by atoms with Gasteiger partial charge in [0.05, 0.1) is 13.2 Å². The molecule has 6 heteroatoms. The normalized spacial score (nSPS) is 14.4. The lowest BCUT2D eigenvalue weighted by atomic mass is 10.1. The van der Waals surface area contributed by atoms with Gasteiger partial charge >= 0.3 is 0 Å². The maximum Gasteiger partial charge on any atom is 0.271 e. The fourth-order valence-corrected chi connectivity index (χ4v) is 4.62. The molecule has 3 aromatic carbocycles. The van der Waals surface area contributed by atoms with Gasteiger partial charge in [-0.1, -0.05) is 78.9 Å². The summed E-state index contributed by atoms with van der Waals surface area (Å²) in [5, 5.41) is 2.95. The molecule has 5 nitrogen and oxygen atoms in total. The summed E-state index contributed by atoms with van der Waals surface area (Å²) in [6.07, 6.45) is 0. The molecule has 33 heavy (non-hydrogen) atoms. The Morgan fingerprint density at radius 2 is 1.33 bits per heavy atom. The molecule has 0 unspecified atom stereocenters. The zero-order valence-corrected chi connectivity index (χ0v) is 19.1. The van der Waals surface area contributed by atoms with Crippen LogP contribution in [0.4, 0.5) is 0 Å². The minimum atomic E-state index is -0.305. The Morgan fingerprint density at radius 1 is 0.788 bits per heavy atom. The van der Waals surface area contributed by atoms with E-state index in [1.165, 1.54) is 0 Å². The molecular formula is C27H26N2O3S. The van der Waals surface area contributed by atoms with E-state index in [4.69, 9.17) is 4.74 Å². The highest BCUT2D eigenvalue weighted by Gasteiger charge is 2.26. The van der Waals surface area contributed by atoms with Crippen molar-refractivity contribution < 1.29 is 14.3 Å². The number of benzene rings is 3. The first kappa shape index (κ1) is 22.8. The second-order valence-electron chi connectivity index (χ2n) is 7.57. The van der Waals surface area contributed by atoms with E-state index in [1.54, 1.807) is 28.8 Å². The minimum Gasteiger partial charge on any atom is -0.378 e. The maximum atomic E-state index is 13.7. The Hall–Kier alpha value is -3.35. The summed E-state index contributed by atoms with van der Waals surface area (Å²) in [5.74, 6) is 0.176. The average molecular weight is 459 g/mol. The molecular weight excluding hydrogens is 432 g/mol. The SMILES string of the molecule is O=C(N/C(C(=O)N1CCOCC1)=C(/SCc1ccccc1)c1ccccc1)c1ccccc1. The van der Waals surface area contributed by atoms with Crippen molar-refractivity contribution in [1.29, 1.82) is 0 Å². The first-order valence-electron chi connectivity index (χ1n) is 10.9. The van der Waals surface area contributed by atoms with Crippen molar-refractivity contribution in [3.63, 3.8) is 0 Å². The molecule has 3 aromatic rings. The molecule has 0 bridgehead atoms. The molecule has 0 aromatic heterocycles. The van der Waals surface area contributed by atoms with E-state index < -0.39 is 0 Å². The third-order valence-corrected chi connectivity index (χ3v) is 6.48. The van der Waals surface area contributed by atoms with E-state index in [2.05, 4.69) is 17.4 Å². The lowest BCUT2D eigenvalue weighted by Gasteiger charge is -2.29. The number of morpholine rings is 1. The van der Waals surface area contributed by atoms with Crippen molar-refractivity contribution >= 4 is 28.5 Å². The molecule has 1 saturated heterocycles. The smallest absolute Gasteiger partial charge is 0.271 e. The van der Waals surface area contributed by atoms with Gasteiger partial charge in [0, 0.05) is 29.3 Å². The van der Waals surface area contributed by atoms with Gasteiger partial charge in [-0.25, -0.2) is 0 Å². The number of amides is 2. The first-order chi connectivity index (χ1) is 16.2.